The van der Waals surface area contributed by atoms with Crippen LogP contribution in [0.25, 0.3) is 22.3 Å². The second-order valence-corrected chi connectivity index (χ2v) is 6.25. The molecule has 22 heavy (non-hydrogen) atoms. The molecule has 3 aromatic rings. The van der Waals surface area contributed by atoms with Gasteiger partial charge in [0, 0.05) is 5.56 Å². The van der Waals surface area contributed by atoms with Crippen LogP contribution in [0.15, 0.2) is 43.7 Å². The van der Waals surface area contributed by atoms with Gasteiger partial charge in [-0.05, 0) is 67.8 Å². The van der Waals surface area contributed by atoms with Crippen molar-refractivity contribution in [3.05, 3.63) is 50.7 Å². The Labute approximate surface area is 143 Å². The van der Waals surface area contributed by atoms with Gasteiger partial charge >= 0.3 is 0 Å². The maximum atomic E-state index is 13.1. The third kappa shape index (κ3) is 2.45. The van der Waals surface area contributed by atoms with Gasteiger partial charge in [-0.15, -0.1) is 0 Å². The topological polar surface area (TPSA) is 42.6 Å². The summed E-state index contributed by atoms with van der Waals surface area (Å²) < 4.78 is 25.8. The zero-order valence-electron chi connectivity index (χ0n) is 11.5. The van der Waals surface area contributed by atoms with E-state index in [0.717, 1.165) is 15.4 Å². The summed E-state index contributed by atoms with van der Waals surface area (Å²) in [6.07, 6.45) is 0. The first-order chi connectivity index (χ1) is 10.6. The van der Waals surface area contributed by atoms with E-state index in [1.807, 2.05) is 0 Å². The minimum Gasteiger partial charge on any atom is -0.495 e. The molecule has 0 saturated carbocycles. The van der Waals surface area contributed by atoms with Gasteiger partial charge in [0.05, 0.1) is 28.0 Å². The van der Waals surface area contributed by atoms with Crippen molar-refractivity contribution in [2.45, 2.75) is 6.61 Å². The summed E-state index contributed by atoms with van der Waals surface area (Å²) in [6.45, 7) is -0.142. The highest BCUT2D eigenvalue weighted by atomic mass is 79.9. The van der Waals surface area contributed by atoms with Gasteiger partial charge in [0.15, 0.2) is 0 Å². The number of fused-ring (bicyclic) bond motifs is 1. The summed E-state index contributed by atoms with van der Waals surface area (Å²) in [6, 6.07) is 7.79. The summed E-state index contributed by atoms with van der Waals surface area (Å²) >= 11 is 6.96. The fourth-order valence-electron chi connectivity index (χ4n) is 2.31. The van der Waals surface area contributed by atoms with Gasteiger partial charge < -0.3 is 14.3 Å². The van der Waals surface area contributed by atoms with Gasteiger partial charge in [-0.1, -0.05) is 0 Å². The van der Waals surface area contributed by atoms with E-state index in [9.17, 15) is 9.50 Å². The van der Waals surface area contributed by atoms with Crippen LogP contribution in [0, 0.1) is 5.82 Å². The molecule has 114 valence electrons. The van der Waals surface area contributed by atoms with Crippen LogP contribution in [-0.4, -0.2) is 12.2 Å². The average Bonchev–Trinajstić information content (AvgIpc) is 2.84. The molecular formula is C16H11Br2FO3. The fraction of sp³-hybridized carbons (Fsp3) is 0.125. The van der Waals surface area contributed by atoms with E-state index in [1.54, 1.807) is 25.3 Å². The van der Waals surface area contributed by atoms with Crippen molar-refractivity contribution in [3.63, 3.8) is 0 Å². The molecule has 0 saturated heterocycles. The zero-order chi connectivity index (χ0) is 15.9. The number of benzene rings is 2. The predicted octanol–water partition coefficient (Wildman–Crippen LogP) is 5.26. The third-order valence-corrected chi connectivity index (χ3v) is 5.00. The highest BCUT2D eigenvalue weighted by Crippen LogP contribution is 2.46. The number of aliphatic hydroxyl groups excluding tert-OH is 1. The molecule has 0 fully saturated rings. The van der Waals surface area contributed by atoms with Crippen LogP contribution < -0.4 is 4.74 Å². The number of hydrogen-bond donors (Lipinski definition) is 1. The molecule has 0 atom stereocenters. The lowest BCUT2D eigenvalue weighted by Crippen LogP contribution is -1.91. The van der Waals surface area contributed by atoms with Crippen molar-refractivity contribution in [1.29, 1.82) is 0 Å². The number of methoxy groups -OCH3 is 1. The number of furan rings is 1. The van der Waals surface area contributed by atoms with Gasteiger partial charge in [0.1, 0.15) is 22.9 Å². The number of ether oxygens (including phenoxy) is 1. The lowest BCUT2D eigenvalue weighted by atomic mass is 10.1. The lowest BCUT2D eigenvalue weighted by Gasteiger charge is -2.08. The van der Waals surface area contributed by atoms with Gasteiger partial charge in [-0.2, -0.15) is 0 Å². The Hall–Kier alpha value is -1.37. The number of hydrogen-bond acceptors (Lipinski definition) is 3. The molecule has 3 rings (SSSR count). The van der Waals surface area contributed by atoms with Crippen molar-refractivity contribution in [2.75, 3.05) is 7.11 Å². The standard InChI is InChI=1S/C16H11Br2FO3/c1-21-16-12-11(6-9(7-20)13(16)17)22-15(14(12)18)8-2-4-10(19)5-3-8/h2-6,20H,7H2,1H3. The first kappa shape index (κ1) is 15.5. The lowest BCUT2D eigenvalue weighted by molar-refractivity contribution is 0.280. The maximum Gasteiger partial charge on any atom is 0.149 e. The zero-order valence-corrected chi connectivity index (χ0v) is 14.7. The van der Waals surface area contributed by atoms with Crippen molar-refractivity contribution in [1.82, 2.24) is 0 Å². The van der Waals surface area contributed by atoms with Crippen LogP contribution in [0.3, 0.4) is 0 Å². The normalized spacial score (nSPS) is 11.1. The van der Waals surface area contributed by atoms with Crippen LogP contribution in [0.1, 0.15) is 5.56 Å². The molecule has 1 aromatic heterocycles. The smallest absolute Gasteiger partial charge is 0.149 e. The Bertz CT molecular complexity index is 841. The van der Waals surface area contributed by atoms with E-state index in [0.29, 0.717) is 27.1 Å². The monoisotopic (exact) mass is 428 g/mol. The first-order valence-electron chi connectivity index (χ1n) is 6.41. The van der Waals surface area contributed by atoms with E-state index in [4.69, 9.17) is 9.15 Å². The third-order valence-electron chi connectivity index (χ3n) is 3.37. The molecule has 6 heteroatoms. The largest absolute Gasteiger partial charge is 0.495 e. The van der Waals surface area contributed by atoms with Crippen molar-refractivity contribution in [3.8, 4) is 17.1 Å². The Kier molecular flexibility index (Phi) is 4.25. The number of halogens is 3. The van der Waals surface area contributed by atoms with Crippen molar-refractivity contribution < 1.29 is 18.7 Å². The minimum absolute atomic E-state index is 0.142. The minimum atomic E-state index is -0.307. The van der Waals surface area contributed by atoms with Gasteiger partial charge in [0.25, 0.3) is 0 Å². The summed E-state index contributed by atoms with van der Waals surface area (Å²) in [5, 5.41) is 10.2. The van der Waals surface area contributed by atoms with Crippen LogP contribution in [0.2, 0.25) is 0 Å². The van der Waals surface area contributed by atoms with E-state index in [2.05, 4.69) is 31.9 Å². The highest BCUT2D eigenvalue weighted by molar-refractivity contribution is 9.11. The van der Waals surface area contributed by atoms with Crippen LogP contribution in [0.4, 0.5) is 4.39 Å². The second kappa shape index (κ2) is 6.02. The second-order valence-electron chi connectivity index (χ2n) is 4.67. The quantitative estimate of drug-likeness (QED) is 0.617. The van der Waals surface area contributed by atoms with E-state index >= 15 is 0 Å². The predicted molar refractivity (Wildman–Crippen MR) is 89.5 cm³/mol. The van der Waals surface area contributed by atoms with Gasteiger partial charge in [-0.3, -0.25) is 0 Å². The molecule has 0 amide bonds. The molecule has 0 spiro atoms. The Morgan fingerprint density at radius 2 is 1.86 bits per heavy atom. The molecule has 0 aliphatic heterocycles. The van der Waals surface area contributed by atoms with E-state index < -0.39 is 0 Å². The molecule has 1 N–H and O–H groups in total. The molecule has 1 heterocycles. The molecule has 0 radical (unpaired) electrons. The molecule has 2 aromatic carbocycles. The fourth-order valence-corrected chi connectivity index (χ4v) is 3.60. The summed E-state index contributed by atoms with van der Waals surface area (Å²) in [5.74, 6) is 0.847. The van der Waals surface area contributed by atoms with Gasteiger partial charge in [0.2, 0.25) is 0 Å². The highest BCUT2D eigenvalue weighted by Gasteiger charge is 2.21. The molecule has 3 nitrogen and oxygen atoms in total. The van der Waals surface area contributed by atoms with Crippen molar-refractivity contribution >= 4 is 42.8 Å². The average molecular weight is 430 g/mol. The Morgan fingerprint density at radius 1 is 1.18 bits per heavy atom. The summed E-state index contributed by atoms with van der Waals surface area (Å²) in [4.78, 5) is 0. The Morgan fingerprint density at radius 3 is 2.45 bits per heavy atom. The van der Waals surface area contributed by atoms with E-state index in [1.165, 1.54) is 12.1 Å². The SMILES string of the molecule is COc1c(Br)c(CO)cc2oc(-c3ccc(F)cc3)c(Br)c12. The van der Waals surface area contributed by atoms with Crippen LogP contribution in [-0.2, 0) is 6.61 Å². The van der Waals surface area contributed by atoms with Gasteiger partial charge in [-0.25, -0.2) is 4.39 Å². The number of aliphatic hydroxyl groups is 1. The summed E-state index contributed by atoms with van der Waals surface area (Å²) in [7, 11) is 1.55. The molecule has 0 aliphatic rings. The molecule has 0 bridgehead atoms. The summed E-state index contributed by atoms with van der Waals surface area (Å²) in [5.41, 5.74) is 1.99. The van der Waals surface area contributed by atoms with Crippen LogP contribution >= 0.6 is 31.9 Å². The van der Waals surface area contributed by atoms with E-state index in [-0.39, 0.29) is 12.4 Å². The molecule has 0 aliphatic carbocycles. The first-order valence-corrected chi connectivity index (χ1v) is 7.99. The maximum absolute atomic E-state index is 13.1. The van der Waals surface area contributed by atoms with Crippen LogP contribution in [0.5, 0.6) is 5.75 Å². The molecule has 0 unspecified atom stereocenters. The van der Waals surface area contributed by atoms with Crippen molar-refractivity contribution in [2.24, 2.45) is 0 Å². The molecular weight excluding hydrogens is 419 g/mol. The Balaban J connectivity index is 2.31. The number of rotatable bonds is 3.